The van der Waals surface area contributed by atoms with Gasteiger partial charge in [0.25, 0.3) is 0 Å². The molecule has 1 atom stereocenters. The van der Waals surface area contributed by atoms with Crippen LogP contribution in [-0.4, -0.2) is 26.9 Å². The highest BCUT2D eigenvalue weighted by Crippen LogP contribution is 2.31. The molecule has 0 fully saturated rings. The number of methoxy groups -OCH3 is 1. The minimum Gasteiger partial charge on any atom is -0.493 e. The summed E-state index contributed by atoms with van der Waals surface area (Å²) in [5, 5.41) is 9.54. The van der Waals surface area contributed by atoms with Crippen molar-refractivity contribution in [2.24, 2.45) is 0 Å². The van der Waals surface area contributed by atoms with Crippen LogP contribution in [0.4, 0.5) is 0 Å². The minimum atomic E-state index is -3.61. The molecular formula is C11H14O5S. The van der Waals surface area contributed by atoms with Crippen molar-refractivity contribution in [3.8, 4) is 11.5 Å². The number of rotatable bonds is 5. The van der Waals surface area contributed by atoms with E-state index in [1.54, 1.807) is 0 Å². The van der Waals surface area contributed by atoms with Crippen LogP contribution in [0.2, 0.25) is 0 Å². The van der Waals surface area contributed by atoms with Gasteiger partial charge in [0.15, 0.2) is 11.5 Å². The van der Waals surface area contributed by atoms with Gasteiger partial charge in [-0.15, -0.1) is 6.58 Å². The second-order valence-electron chi connectivity index (χ2n) is 3.38. The van der Waals surface area contributed by atoms with Crippen molar-refractivity contribution in [1.29, 1.82) is 0 Å². The first-order valence-corrected chi connectivity index (χ1v) is 6.57. The van der Waals surface area contributed by atoms with Crippen molar-refractivity contribution < 1.29 is 22.4 Å². The Balaban J connectivity index is 3.14. The molecule has 0 heterocycles. The monoisotopic (exact) mass is 258 g/mol. The van der Waals surface area contributed by atoms with E-state index in [9.17, 15) is 13.5 Å². The van der Waals surface area contributed by atoms with Crippen LogP contribution in [0.5, 0.6) is 11.5 Å². The highest BCUT2D eigenvalue weighted by atomic mass is 32.2. The Hall–Kier alpha value is -1.53. The van der Waals surface area contributed by atoms with Crippen LogP contribution in [0.1, 0.15) is 11.7 Å². The van der Waals surface area contributed by atoms with Crippen LogP contribution in [0.3, 0.4) is 0 Å². The lowest BCUT2D eigenvalue weighted by Crippen LogP contribution is -2.07. The largest absolute Gasteiger partial charge is 0.493 e. The normalized spacial score (nSPS) is 12.9. The van der Waals surface area contributed by atoms with Gasteiger partial charge in [0, 0.05) is 0 Å². The van der Waals surface area contributed by atoms with E-state index in [-0.39, 0.29) is 11.5 Å². The predicted molar refractivity (Wildman–Crippen MR) is 63.6 cm³/mol. The standard InChI is InChI=1S/C11H14O5S/c1-4-9(12)8-5-6-10(11(7-8)15-2)16-17(3,13)14/h4-7,9,12H,1H2,2-3H3/t9-/m0/s1. The Kier molecular flexibility index (Phi) is 4.14. The first-order chi connectivity index (χ1) is 7.87. The van der Waals surface area contributed by atoms with Gasteiger partial charge in [-0.25, -0.2) is 0 Å². The lowest BCUT2D eigenvalue weighted by molar-refractivity contribution is 0.228. The molecule has 0 aliphatic heterocycles. The summed E-state index contributed by atoms with van der Waals surface area (Å²) < 4.78 is 31.7. The third-order valence-electron chi connectivity index (χ3n) is 1.99. The zero-order valence-corrected chi connectivity index (χ0v) is 10.4. The summed E-state index contributed by atoms with van der Waals surface area (Å²) in [5.74, 6) is 0.309. The number of benzene rings is 1. The minimum absolute atomic E-state index is 0.0787. The zero-order valence-electron chi connectivity index (χ0n) is 9.58. The first-order valence-electron chi connectivity index (χ1n) is 4.75. The Morgan fingerprint density at radius 1 is 1.41 bits per heavy atom. The molecule has 0 unspecified atom stereocenters. The molecule has 0 bridgehead atoms. The molecule has 0 spiro atoms. The quantitative estimate of drug-likeness (QED) is 0.635. The van der Waals surface area contributed by atoms with Crippen molar-refractivity contribution in [3.05, 3.63) is 36.4 Å². The maximum absolute atomic E-state index is 11.0. The Labute approximate surface area is 100 Å². The molecule has 0 saturated carbocycles. The van der Waals surface area contributed by atoms with E-state index in [1.165, 1.54) is 31.4 Å². The van der Waals surface area contributed by atoms with Gasteiger partial charge in [-0.05, 0) is 17.7 Å². The van der Waals surface area contributed by atoms with Gasteiger partial charge in [0.05, 0.1) is 19.5 Å². The highest BCUT2D eigenvalue weighted by molar-refractivity contribution is 7.86. The summed E-state index contributed by atoms with van der Waals surface area (Å²) in [5.41, 5.74) is 0.540. The SMILES string of the molecule is C=C[C@H](O)c1ccc(OS(C)(=O)=O)c(OC)c1. The maximum atomic E-state index is 11.0. The molecule has 0 aliphatic carbocycles. The molecule has 0 aliphatic rings. The summed E-state index contributed by atoms with van der Waals surface area (Å²) in [7, 11) is -2.23. The predicted octanol–water partition coefficient (Wildman–Crippen LogP) is 1.25. The number of hydrogen-bond acceptors (Lipinski definition) is 5. The molecule has 1 rings (SSSR count). The molecule has 0 radical (unpaired) electrons. The fraction of sp³-hybridized carbons (Fsp3) is 0.273. The van der Waals surface area contributed by atoms with Crippen LogP contribution in [0, 0.1) is 0 Å². The molecule has 17 heavy (non-hydrogen) atoms. The van der Waals surface area contributed by atoms with Crippen LogP contribution in [0.25, 0.3) is 0 Å². The summed E-state index contributed by atoms with van der Waals surface area (Å²) in [6.45, 7) is 3.46. The summed E-state index contributed by atoms with van der Waals surface area (Å²) in [4.78, 5) is 0. The molecular weight excluding hydrogens is 244 g/mol. The van der Waals surface area contributed by atoms with E-state index in [1.807, 2.05) is 0 Å². The van der Waals surface area contributed by atoms with Gasteiger partial charge in [0.2, 0.25) is 0 Å². The van der Waals surface area contributed by atoms with Crippen molar-refractivity contribution in [2.45, 2.75) is 6.10 Å². The molecule has 5 nitrogen and oxygen atoms in total. The fourth-order valence-electron chi connectivity index (χ4n) is 1.24. The fourth-order valence-corrected chi connectivity index (χ4v) is 1.70. The van der Waals surface area contributed by atoms with E-state index in [2.05, 4.69) is 6.58 Å². The topological polar surface area (TPSA) is 72.8 Å². The van der Waals surface area contributed by atoms with Crippen LogP contribution in [-0.2, 0) is 10.1 Å². The van der Waals surface area contributed by atoms with Gasteiger partial charge in [0.1, 0.15) is 0 Å². The molecule has 1 aromatic rings. The van der Waals surface area contributed by atoms with Crippen molar-refractivity contribution >= 4 is 10.1 Å². The van der Waals surface area contributed by atoms with Gasteiger partial charge in [-0.1, -0.05) is 12.1 Å². The summed E-state index contributed by atoms with van der Waals surface area (Å²) in [6, 6.07) is 4.45. The molecule has 0 amide bonds. The Morgan fingerprint density at radius 2 is 2.06 bits per heavy atom. The average molecular weight is 258 g/mol. The van der Waals surface area contributed by atoms with Gasteiger partial charge < -0.3 is 14.0 Å². The maximum Gasteiger partial charge on any atom is 0.306 e. The van der Waals surface area contributed by atoms with Gasteiger partial charge >= 0.3 is 10.1 Å². The average Bonchev–Trinajstić information content (AvgIpc) is 2.26. The van der Waals surface area contributed by atoms with E-state index < -0.39 is 16.2 Å². The van der Waals surface area contributed by atoms with E-state index in [4.69, 9.17) is 8.92 Å². The zero-order chi connectivity index (χ0) is 13.1. The Bertz CT molecular complexity index is 507. The van der Waals surface area contributed by atoms with E-state index in [0.29, 0.717) is 5.56 Å². The lowest BCUT2D eigenvalue weighted by Gasteiger charge is -2.12. The second-order valence-corrected chi connectivity index (χ2v) is 4.95. The van der Waals surface area contributed by atoms with Crippen LogP contribution in [0.15, 0.2) is 30.9 Å². The van der Waals surface area contributed by atoms with Crippen molar-refractivity contribution in [3.63, 3.8) is 0 Å². The van der Waals surface area contributed by atoms with E-state index in [0.717, 1.165) is 6.26 Å². The molecule has 6 heteroatoms. The summed E-state index contributed by atoms with van der Waals surface area (Å²) in [6.07, 6.45) is 1.46. The van der Waals surface area contributed by atoms with Gasteiger partial charge in [-0.2, -0.15) is 8.42 Å². The molecule has 1 aromatic carbocycles. The van der Waals surface area contributed by atoms with Crippen molar-refractivity contribution in [1.82, 2.24) is 0 Å². The number of hydrogen-bond donors (Lipinski definition) is 1. The van der Waals surface area contributed by atoms with Crippen LogP contribution < -0.4 is 8.92 Å². The molecule has 1 N–H and O–H groups in total. The first kappa shape index (κ1) is 13.5. The van der Waals surface area contributed by atoms with Crippen molar-refractivity contribution in [2.75, 3.05) is 13.4 Å². The molecule has 0 aromatic heterocycles. The lowest BCUT2D eigenvalue weighted by atomic mass is 10.1. The number of aliphatic hydroxyl groups excluding tert-OH is 1. The molecule has 94 valence electrons. The third kappa shape index (κ3) is 3.76. The van der Waals surface area contributed by atoms with E-state index >= 15 is 0 Å². The third-order valence-corrected chi connectivity index (χ3v) is 2.48. The second kappa shape index (κ2) is 5.20. The Morgan fingerprint density at radius 3 is 2.53 bits per heavy atom. The smallest absolute Gasteiger partial charge is 0.306 e. The van der Waals surface area contributed by atoms with Gasteiger partial charge in [-0.3, -0.25) is 0 Å². The summed E-state index contributed by atoms with van der Waals surface area (Å²) >= 11 is 0. The highest BCUT2D eigenvalue weighted by Gasteiger charge is 2.13. The molecule has 0 saturated heterocycles. The number of aliphatic hydroxyl groups is 1. The number of ether oxygens (including phenoxy) is 1. The van der Waals surface area contributed by atoms with Crippen LogP contribution >= 0.6 is 0 Å².